The maximum Gasteiger partial charge on any atom is 0.311 e. The third-order valence-electron chi connectivity index (χ3n) is 1.93. The Hall–Kier alpha value is -1.09. The van der Waals surface area contributed by atoms with Crippen LogP contribution in [0, 0.1) is 0 Å². The molecule has 0 aliphatic carbocycles. The molecule has 1 atom stereocenters. The molecule has 0 spiro atoms. The molecule has 1 rings (SSSR count). The summed E-state index contributed by atoms with van der Waals surface area (Å²) in [5, 5.41) is 9.01. The molecule has 0 saturated carbocycles. The SMILES string of the molecule is C=C(Br)CC(C(=O)O)c1ccccc1. The number of allylic oxidation sites excluding steroid dienone is 1. The van der Waals surface area contributed by atoms with Crippen LogP contribution < -0.4 is 0 Å². The van der Waals surface area contributed by atoms with Crippen molar-refractivity contribution in [3.05, 3.63) is 47.0 Å². The van der Waals surface area contributed by atoms with Crippen LogP contribution in [-0.4, -0.2) is 11.1 Å². The minimum absolute atomic E-state index is 0.416. The molecule has 0 heterocycles. The van der Waals surface area contributed by atoms with Crippen LogP contribution in [0.1, 0.15) is 17.9 Å². The monoisotopic (exact) mass is 254 g/mol. The standard InChI is InChI=1S/C11H11BrO2/c1-8(12)7-10(11(13)14)9-5-3-2-4-6-9/h2-6,10H,1,7H2,(H,13,14). The lowest BCUT2D eigenvalue weighted by Gasteiger charge is -2.11. The van der Waals surface area contributed by atoms with Gasteiger partial charge in [0.1, 0.15) is 0 Å². The van der Waals surface area contributed by atoms with E-state index in [1.807, 2.05) is 30.3 Å². The Bertz CT molecular complexity index is 332. The zero-order chi connectivity index (χ0) is 10.6. The Morgan fingerprint density at radius 2 is 2.00 bits per heavy atom. The predicted octanol–water partition coefficient (Wildman–Crippen LogP) is 3.15. The second-order valence-corrected chi connectivity index (χ2v) is 4.14. The summed E-state index contributed by atoms with van der Waals surface area (Å²) in [7, 11) is 0. The molecule has 14 heavy (non-hydrogen) atoms. The average Bonchev–Trinajstić information content (AvgIpc) is 2.15. The number of carboxylic acids is 1. The molecule has 0 aliphatic heterocycles. The van der Waals surface area contributed by atoms with Gasteiger partial charge in [-0.1, -0.05) is 52.8 Å². The van der Waals surface area contributed by atoms with Crippen molar-refractivity contribution in [1.29, 1.82) is 0 Å². The van der Waals surface area contributed by atoms with Gasteiger partial charge < -0.3 is 5.11 Å². The van der Waals surface area contributed by atoms with Gasteiger partial charge in [0.15, 0.2) is 0 Å². The highest BCUT2D eigenvalue weighted by atomic mass is 79.9. The van der Waals surface area contributed by atoms with Crippen LogP contribution in [-0.2, 0) is 4.79 Å². The Labute approximate surface area is 91.4 Å². The number of carboxylic acid groups (broad SMARTS) is 1. The van der Waals surface area contributed by atoms with Gasteiger partial charge in [-0.25, -0.2) is 0 Å². The van der Waals surface area contributed by atoms with Gasteiger partial charge in [0.25, 0.3) is 0 Å². The molecule has 0 fully saturated rings. The fraction of sp³-hybridized carbons (Fsp3) is 0.182. The predicted molar refractivity (Wildman–Crippen MR) is 59.5 cm³/mol. The minimum Gasteiger partial charge on any atom is -0.481 e. The molecule has 74 valence electrons. The molecule has 2 nitrogen and oxygen atoms in total. The van der Waals surface area contributed by atoms with E-state index < -0.39 is 11.9 Å². The fourth-order valence-electron chi connectivity index (χ4n) is 1.25. The Morgan fingerprint density at radius 1 is 1.43 bits per heavy atom. The van der Waals surface area contributed by atoms with Crippen LogP contribution in [0.15, 0.2) is 41.4 Å². The normalized spacial score (nSPS) is 12.1. The largest absolute Gasteiger partial charge is 0.481 e. The molecule has 0 bridgehead atoms. The molecule has 1 aromatic rings. The van der Waals surface area contributed by atoms with E-state index in [0.717, 1.165) is 5.56 Å². The van der Waals surface area contributed by atoms with Crippen molar-refractivity contribution in [1.82, 2.24) is 0 Å². The molecule has 0 radical (unpaired) electrons. The van der Waals surface area contributed by atoms with Crippen molar-refractivity contribution in [3.8, 4) is 0 Å². The molecule has 0 saturated heterocycles. The lowest BCUT2D eigenvalue weighted by Crippen LogP contribution is -2.11. The van der Waals surface area contributed by atoms with Crippen molar-refractivity contribution < 1.29 is 9.90 Å². The van der Waals surface area contributed by atoms with Crippen LogP contribution in [0.2, 0.25) is 0 Å². The van der Waals surface area contributed by atoms with Crippen LogP contribution in [0.5, 0.6) is 0 Å². The third kappa shape index (κ3) is 3.00. The number of rotatable bonds is 4. The molecular weight excluding hydrogens is 244 g/mol. The van der Waals surface area contributed by atoms with E-state index >= 15 is 0 Å². The summed E-state index contributed by atoms with van der Waals surface area (Å²) in [4.78, 5) is 11.0. The van der Waals surface area contributed by atoms with E-state index in [4.69, 9.17) is 5.11 Å². The average molecular weight is 255 g/mol. The number of aliphatic carboxylic acids is 1. The van der Waals surface area contributed by atoms with E-state index in [1.165, 1.54) is 0 Å². The summed E-state index contributed by atoms with van der Waals surface area (Å²) in [5.74, 6) is -1.33. The molecule has 0 amide bonds. The van der Waals surface area contributed by atoms with Gasteiger partial charge in [0.2, 0.25) is 0 Å². The zero-order valence-electron chi connectivity index (χ0n) is 7.61. The molecule has 1 aromatic carbocycles. The molecule has 3 heteroatoms. The lowest BCUT2D eigenvalue weighted by atomic mass is 9.96. The summed E-state index contributed by atoms with van der Waals surface area (Å²) in [6.07, 6.45) is 0.416. The summed E-state index contributed by atoms with van der Waals surface area (Å²) in [6, 6.07) is 9.17. The van der Waals surface area contributed by atoms with Crippen molar-refractivity contribution in [3.63, 3.8) is 0 Å². The van der Waals surface area contributed by atoms with Gasteiger partial charge in [0, 0.05) is 0 Å². The van der Waals surface area contributed by atoms with Crippen molar-refractivity contribution >= 4 is 21.9 Å². The van der Waals surface area contributed by atoms with Crippen molar-refractivity contribution in [2.75, 3.05) is 0 Å². The summed E-state index contributed by atoms with van der Waals surface area (Å²) < 4.78 is 0.703. The van der Waals surface area contributed by atoms with E-state index in [0.29, 0.717) is 10.9 Å². The molecule has 1 N–H and O–H groups in total. The summed E-state index contributed by atoms with van der Waals surface area (Å²) in [6.45, 7) is 3.66. The van der Waals surface area contributed by atoms with E-state index in [-0.39, 0.29) is 0 Å². The first-order chi connectivity index (χ1) is 6.61. The van der Waals surface area contributed by atoms with E-state index in [1.54, 1.807) is 0 Å². The topological polar surface area (TPSA) is 37.3 Å². The highest BCUT2D eigenvalue weighted by Gasteiger charge is 2.19. The number of halogens is 1. The Balaban J connectivity index is 2.89. The smallest absolute Gasteiger partial charge is 0.311 e. The van der Waals surface area contributed by atoms with Crippen LogP contribution in [0.3, 0.4) is 0 Å². The maximum atomic E-state index is 11.0. The molecular formula is C11H11BrO2. The van der Waals surface area contributed by atoms with Crippen molar-refractivity contribution in [2.24, 2.45) is 0 Å². The molecule has 0 aromatic heterocycles. The van der Waals surface area contributed by atoms with Crippen LogP contribution in [0.4, 0.5) is 0 Å². The van der Waals surface area contributed by atoms with Gasteiger partial charge in [-0.3, -0.25) is 4.79 Å². The number of hydrogen-bond donors (Lipinski definition) is 1. The lowest BCUT2D eigenvalue weighted by molar-refractivity contribution is -0.138. The maximum absolute atomic E-state index is 11.0. The summed E-state index contributed by atoms with van der Waals surface area (Å²) in [5.41, 5.74) is 0.806. The first kappa shape index (κ1) is 11.0. The number of benzene rings is 1. The zero-order valence-corrected chi connectivity index (χ0v) is 9.20. The van der Waals surface area contributed by atoms with Gasteiger partial charge in [-0.05, 0) is 16.5 Å². The minimum atomic E-state index is -0.822. The van der Waals surface area contributed by atoms with Crippen LogP contribution in [0.25, 0.3) is 0 Å². The second-order valence-electron chi connectivity index (χ2n) is 3.02. The Kier molecular flexibility index (Phi) is 3.89. The van der Waals surface area contributed by atoms with Gasteiger partial charge >= 0.3 is 5.97 Å². The van der Waals surface area contributed by atoms with Gasteiger partial charge in [-0.2, -0.15) is 0 Å². The first-order valence-electron chi connectivity index (χ1n) is 4.22. The summed E-state index contributed by atoms with van der Waals surface area (Å²) >= 11 is 3.18. The van der Waals surface area contributed by atoms with Crippen molar-refractivity contribution in [2.45, 2.75) is 12.3 Å². The fourth-order valence-corrected chi connectivity index (χ4v) is 1.58. The van der Waals surface area contributed by atoms with Gasteiger partial charge in [0.05, 0.1) is 5.92 Å². The highest BCUT2D eigenvalue weighted by Crippen LogP contribution is 2.25. The van der Waals surface area contributed by atoms with Gasteiger partial charge in [-0.15, -0.1) is 0 Å². The highest BCUT2D eigenvalue weighted by molar-refractivity contribution is 9.11. The third-order valence-corrected chi connectivity index (χ3v) is 2.25. The number of hydrogen-bond acceptors (Lipinski definition) is 1. The van der Waals surface area contributed by atoms with E-state index in [2.05, 4.69) is 22.5 Å². The Morgan fingerprint density at radius 3 is 2.43 bits per heavy atom. The molecule has 1 unspecified atom stereocenters. The molecule has 0 aliphatic rings. The number of carbonyl (C=O) groups is 1. The van der Waals surface area contributed by atoms with E-state index in [9.17, 15) is 4.79 Å². The second kappa shape index (κ2) is 4.96. The quantitative estimate of drug-likeness (QED) is 0.897. The van der Waals surface area contributed by atoms with Crippen LogP contribution >= 0.6 is 15.9 Å². The first-order valence-corrected chi connectivity index (χ1v) is 5.01.